The van der Waals surface area contributed by atoms with Crippen LogP contribution < -0.4 is 81.7 Å². The summed E-state index contributed by atoms with van der Waals surface area (Å²) in [5.74, 6) is -1.21. The van der Waals surface area contributed by atoms with Gasteiger partial charge in [-0.3, -0.25) is 68.1 Å². The van der Waals surface area contributed by atoms with Crippen molar-refractivity contribution in [3.8, 4) is 0 Å². The smallest absolute Gasteiger partial charge is 0.323 e. The third kappa shape index (κ3) is 20.1. The lowest BCUT2D eigenvalue weighted by Gasteiger charge is -2.28. The summed E-state index contributed by atoms with van der Waals surface area (Å²) in [5, 5.41) is 88.7. The van der Waals surface area contributed by atoms with E-state index in [1.165, 1.54) is 26.5 Å². The molecule has 0 bridgehead atoms. The molecular weight excluding hydrogens is 1630 g/mol. The van der Waals surface area contributed by atoms with E-state index >= 15 is 0 Å². The molecule has 1 saturated carbocycles. The van der Waals surface area contributed by atoms with Gasteiger partial charge in [0.1, 0.15) is 138 Å². The second kappa shape index (κ2) is 38.1. The number of esters is 4. The van der Waals surface area contributed by atoms with Crippen LogP contribution in [0.25, 0.3) is 0 Å². The highest BCUT2D eigenvalue weighted by atomic mass is 32.2. The monoisotopic (exact) mass is 1730 g/mol. The molecule has 13 rings (SSSR count). The molecule has 118 heavy (non-hydrogen) atoms. The average Bonchev–Trinajstić information content (AvgIpc) is 1.62. The lowest BCUT2D eigenvalue weighted by Crippen LogP contribution is -2.45. The second-order valence-electron chi connectivity index (χ2n) is 30.6. The third-order valence-electron chi connectivity index (χ3n) is 19.9. The fourth-order valence-corrected chi connectivity index (χ4v) is 16.4. The minimum Gasteiger partial charge on any atom is -0.463 e. The van der Waals surface area contributed by atoms with Gasteiger partial charge in [-0.2, -0.15) is 24.9 Å². The van der Waals surface area contributed by atoms with Gasteiger partial charge < -0.3 is 124 Å². The van der Waals surface area contributed by atoms with Crippen molar-refractivity contribution in [2.75, 3.05) is 74.3 Å². The third-order valence-corrected chi connectivity index (χ3v) is 23.9. The first-order chi connectivity index (χ1) is 54.8. The molecule has 26 N–H and O–H groups in total. The molecule has 4 aromatic heterocycles. The van der Waals surface area contributed by atoms with Crippen molar-refractivity contribution in [2.24, 2.45) is 46.3 Å². The van der Waals surface area contributed by atoms with E-state index in [1.807, 2.05) is 20.8 Å². The van der Waals surface area contributed by atoms with Crippen LogP contribution in [0.5, 0.6) is 0 Å². The number of anilines is 9. The van der Waals surface area contributed by atoms with Gasteiger partial charge in [0.25, 0.3) is 16.7 Å². The number of hydrogen-bond donors (Lipinski definition) is 19. The predicted octanol–water partition coefficient (Wildman–Crippen LogP) is -1.16. The molecule has 0 radical (unpaired) electrons. The number of carbonyl (C=O) groups is 4. The highest BCUT2D eigenvalue weighted by Gasteiger charge is 2.55. The van der Waals surface area contributed by atoms with Gasteiger partial charge in [0.05, 0.1) is 30.9 Å². The molecule has 0 aromatic carbocycles. The van der Waals surface area contributed by atoms with E-state index in [4.69, 9.17) is 78.0 Å². The maximum Gasteiger partial charge on any atom is 0.323 e. The van der Waals surface area contributed by atoms with E-state index in [9.17, 15) is 74.4 Å². The molecule has 4 saturated heterocycles. The molecule has 652 valence electrons. The standard InChI is InChI=1S/C19H28N6O5S.C18H26N4O6S.C17H25N5O6S.C16H23N5O6S.CH4/c1-7(2)11(20)18(28)29-6-10-12(26)13(27)17(30-10)25-8(3)31-14-15(22-9-4-5-9)23-19(21)24-16(14)25;1-5-9(7(2)3)17(26)27-6-10-11(23)12(24)16(28-10)22-8(4)29-13-14(22)20-18(19)21-15(13)25;1-6-22(12-10(29-6)13(25)21-16(19)20-12)14-9(24)8(23)7(28-14)5-27-15(26)11(18)17(2,3)4;1-5(2)8(17)15(25)26-4-7-9(22)10(23)14(27-7)21-6(3)28-11-12(21)19-16(18)20-13(11)24;/h7,9-13,17,26-27H,3-6,20H2,1-2H3,(H3,21,22,23,24);7,9-12,16,23-24H,4-6H2,1-3H3,(H3,19,20,21,25);7-9,11,14,23-24H,1,5,18H2,2-4H3,(H3,19,20,21,25);5,7-10,14,22-23H,3-4,17H2,1-2H3,(H3,18,19,20,24);1H4/t10-,11+,12-,13-,17-;9-,10+,11+,12+,16+;7-,8-,9-,11-,14-;7-,8+,9-,10-,14-;/m1011./s1. The first-order valence-corrected chi connectivity index (χ1v) is 40.4. The average molecular weight is 1740 g/mol. The molecular formula is C71H106N20O23S4. The number of thioether (sulfide) groups is 4. The summed E-state index contributed by atoms with van der Waals surface area (Å²) >= 11 is 4.49. The first-order valence-electron chi connectivity index (χ1n) is 37.1. The number of aliphatic hydroxyl groups excluding tert-OH is 8. The Labute approximate surface area is 693 Å². The number of nitrogens with zero attached hydrogens (tertiary/aromatic N) is 9. The number of aromatic amines is 3. The van der Waals surface area contributed by atoms with E-state index in [0.717, 1.165) is 53.0 Å². The number of aromatic nitrogens is 8. The van der Waals surface area contributed by atoms with Crippen LogP contribution in [0.3, 0.4) is 0 Å². The van der Waals surface area contributed by atoms with Crippen molar-refractivity contribution in [3.63, 3.8) is 0 Å². The molecule has 1 aliphatic carbocycles. The summed E-state index contributed by atoms with van der Waals surface area (Å²) in [6.07, 6.45) is -16.0. The number of hydrogen-bond acceptors (Lipinski definition) is 44. The van der Waals surface area contributed by atoms with Crippen LogP contribution in [-0.2, 0) is 57.1 Å². The van der Waals surface area contributed by atoms with Crippen LogP contribution in [0, 0.1) is 29.1 Å². The van der Waals surface area contributed by atoms with Crippen molar-refractivity contribution < 1.29 is 97.9 Å². The fraction of sp³-hybridized carbons (Fsp3) is 0.606. The van der Waals surface area contributed by atoms with Crippen molar-refractivity contribution in [3.05, 3.63) is 77.5 Å². The lowest BCUT2D eigenvalue weighted by atomic mass is 9.87. The van der Waals surface area contributed by atoms with Crippen molar-refractivity contribution in [1.82, 2.24) is 39.9 Å². The number of nitrogens with two attached hydrogens (primary N) is 7. The molecule has 4 aromatic rings. The maximum atomic E-state index is 12.3. The number of rotatable bonds is 22. The van der Waals surface area contributed by atoms with Crippen LogP contribution in [0.4, 0.5) is 52.9 Å². The van der Waals surface area contributed by atoms with Crippen LogP contribution in [-0.4, -0.2) is 253 Å². The highest BCUT2D eigenvalue weighted by molar-refractivity contribution is 8.04. The van der Waals surface area contributed by atoms with Gasteiger partial charge in [-0.05, 0) is 42.4 Å². The Balaban J connectivity index is 0.000000179. The zero-order valence-corrected chi connectivity index (χ0v) is 68.8. The van der Waals surface area contributed by atoms with Crippen LogP contribution >= 0.6 is 47.0 Å². The normalized spacial score (nSPS) is 27.7. The largest absolute Gasteiger partial charge is 0.463 e. The van der Waals surface area contributed by atoms with Gasteiger partial charge >= 0.3 is 23.9 Å². The van der Waals surface area contributed by atoms with Crippen molar-refractivity contribution in [1.29, 1.82) is 0 Å². The summed E-state index contributed by atoms with van der Waals surface area (Å²) in [4.78, 5) is 120. The molecule has 9 aliphatic rings. The Kier molecular flexibility index (Phi) is 30.2. The maximum absolute atomic E-state index is 12.3. The molecule has 20 atom stereocenters. The van der Waals surface area contributed by atoms with Crippen LogP contribution in [0.15, 0.2) is 80.4 Å². The number of ether oxygens (including phenoxy) is 8. The second-order valence-corrected chi connectivity index (χ2v) is 35.0. The summed E-state index contributed by atoms with van der Waals surface area (Å²) in [5.41, 5.74) is 38.3. The van der Waals surface area contributed by atoms with E-state index in [1.54, 1.807) is 53.4 Å². The quantitative estimate of drug-likeness (QED) is 0.0326. The van der Waals surface area contributed by atoms with Crippen molar-refractivity contribution in [2.45, 2.75) is 238 Å². The van der Waals surface area contributed by atoms with E-state index in [2.05, 4.69) is 71.5 Å². The SMILES string of the molecule is C.C=C1Sc2c(NC3CC3)nc(N)nc2N1[C@@H]1O[C@H](COC(=O)[C@@H](N)C(C)C)[C@@H](O)[C@H]1O.C=C1Sc2c(nc(N)[nH]c2=O)N1[C@@H]1O[C@H](COC(=O)[C@@H](CC)C(C)C)[C@@H](O)[C@H]1O.C=C1Sc2c(nc(N)[nH]c2=O)N1[C@@H]1O[C@H](COC(=O)[C@@H](N)C(C)(C)C)[C@@H](O)[C@H]1O.C=C1Sc2c(nc(N)[nH]c2=O)N1[C@@H]1O[C@H](COC(=O)[C@@H](N)C(C)C)[C@@H](O)[C@H]1O. The van der Waals surface area contributed by atoms with Gasteiger partial charge in [0.15, 0.2) is 48.2 Å². The zero-order valence-electron chi connectivity index (χ0n) is 65.5. The van der Waals surface area contributed by atoms with E-state index in [-0.39, 0.29) is 119 Å². The Morgan fingerprint density at radius 2 is 0.763 bits per heavy atom. The van der Waals surface area contributed by atoms with Gasteiger partial charge in [0.2, 0.25) is 23.8 Å². The highest BCUT2D eigenvalue weighted by Crippen LogP contribution is 2.52. The Morgan fingerprint density at radius 3 is 1.04 bits per heavy atom. The minimum atomic E-state index is -1.37. The van der Waals surface area contributed by atoms with Gasteiger partial charge in [-0.1, -0.05) is 150 Å². The summed E-state index contributed by atoms with van der Waals surface area (Å²) in [6.45, 7) is 32.9. The van der Waals surface area contributed by atoms with Crippen LogP contribution in [0.2, 0.25) is 0 Å². The Bertz CT molecular complexity index is 4470. The van der Waals surface area contributed by atoms with Crippen LogP contribution in [0.1, 0.15) is 95.9 Å². The number of nitrogen functional groups attached to an aromatic ring is 4. The van der Waals surface area contributed by atoms with Crippen molar-refractivity contribution >= 4 is 124 Å². The van der Waals surface area contributed by atoms with Gasteiger partial charge in [-0.25, -0.2) is 0 Å². The number of nitrogens with one attached hydrogen (secondary N) is 4. The molecule has 0 unspecified atom stereocenters. The summed E-state index contributed by atoms with van der Waals surface area (Å²) in [7, 11) is 0. The molecule has 12 heterocycles. The first kappa shape index (κ1) is 93.4. The van der Waals surface area contributed by atoms with E-state index in [0.29, 0.717) is 44.2 Å². The summed E-state index contributed by atoms with van der Waals surface area (Å²) in [6, 6.07) is -2.09. The number of carbonyl (C=O) groups excluding carboxylic acids is 4. The Morgan fingerprint density at radius 1 is 0.475 bits per heavy atom. The van der Waals surface area contributed by atoms with E-state index < -0.39 is 156 Å². The zero-order chi connectivity index (χ0) is 86.3. The van der Waals surface area contributed by atoms with Gasteiger partial charge in [-0.15, -0.1) is 0 Å². The molecule has 43 nitrogen and oxygen atoms in total. The number of aliphatic hydroxyl groups is 8. The molecule has 5 fully saturated rings. The fourth-order valence-electron chi connectivity index (χ4n) is 12.8. The molecule has 0 amide bonds. The predicted molar refractivity (Wildman–Crippen MR) is 436 cm³/mol. The topological polar surface area (TPSA) is 674 Å². The van der Waals surface area contributed by atoms with Gasteiger partial charge in [0, 0.05) is 6.04 Å². The lowest BCUT2D eigenvalue weighted by molar-refractivity contribution is -0.156. The Hall–Kier alpha value is -8.44. The molecule has 0 spiro atoms. The molecule has 47 heteroatoms. The molecule has 8 aliphatic heterocycles. The summed E-state index contributed by atoms with van der Waals surface area (Å²) < 4.78 is 43.9. The minimum absolute atomic E-state index is 0. The number of fused-ring (bicyclic) bond motifs is 4. The number of H-pyrrole nitrogens is 3.